The summed E-state index contributed by atoms with van der Waals surface area (Å²) in [5.41, 5.74) is 7.88. The van der Waals surface area contributed by atoms with Crippen LogP contribution in [-0.2, 0) is 0 Å². The molecule has 0 atom stereocenters. The van der Waals surface area contributed by atoms with E-state index >= 15 is 0 Å². The molecule has 1 heterocycles. The van der Waals surface area contributed by atoms with Crippen LogP contribution in [-0.4, -0.2) is 39.8 Å². The fraction of sp³-hybridized carbons (Fsp3) is 0.600. The number of hydrogen-bond donors (Lipinski definition) is 3. The zero-order valence-corrected chi connectivity index (χ0v) is 13.2. The Kier molecular flexibility index (Phi) is 5.57. The van der Waals surface area contributed by atoms with Gasteiger partial charge in [0, 0.05) is 7.05 Å². The molecule has 0 spiro atoms. The van der Waals surface area contributed by atoms with E-state index in [1.165, 1.54) is 24.3 Å². The van der Waals surface area contributed by atoms with Crippen LogP contribution in [0.15, 0.2) is 11.9 Å². The van der Waals surface area contributed by atoms with E-state index in [2.05, 4.69) is 9.97 Å². The molecule has 1 aliphatic carbocycles. The summed E-state index contributed by atoms with van der Waals surface area (Å²) in [7, 11) is 1.61. The smallest absolute Gasteiger partial charge is 0.235 e. The van der Waals surface area contributed by atoms with Gasteiger partial charge in [-0.3, -0.25) is 0 Å². The largest absolute Gasteiger partial charge is 0.473 e. The molecule has 0 radical (unpaired) electrons. The minimum atomic E-state index is -0.264. The first kappa shape index (κ1) is 16.5. The van der Waals surface area contributed by atoms with Crippen LogP contribution < -0.4 is 16.3 Å². The Morgan fingerprint density at radius 2 is 2.09 bits per heavy atom. The number of hydrazine groups is 1. The molecule has 0 amide bonds. The highest BCUT2D eigenvalue weighted by atomic mass is 16.5. The molecule has 7 heteroatoms. The van der Waals surface area contributed by atoms with Gasteiger partial charge in [-0.25, -0.2) is 15.8 Å². The summed E-state index contributed by atoms with van der Waals surface area (Å²) in [5, 5.41) is 10.6. The van der Waals surface area contributed by atoms with Gasteiger partial charge >= 0.3 is 0 Å². The van der Waals surface area contributed by atoms with Crippen molar-refractivity contribution in [2.24, 2.45) is 11.6 Å². The Morgan fingerprint density at radius 3 is 2.64 bits per heavy atom. The molecular formula is C15H25N5O2. The number of likely N-dealkylation sites (N-methyl/N-ethyl adjacent to an activating group) is 1. The van der Waals surface area contributed by atoms with Crippen LogP contribution in [0, 0.1) is 6.92 Å². The predicted octanol–water partition coefficient (Wildman–Crippen LogP) is 0.922. The third-order valence-corrected chi connectivity index (χ3v) is 3.89. The predicted molar refractivity (Wildman–Crippen MR) is 84.4 cm³/mol. The average Bonchev–Trinajstić information content (AvgIpc) is 2.50. The number of hydrogen-bond acceptors (Lipinski definition) is 7. The van der Waals surface area contributed by atoms with Gasteiger partial charge in [-0.1, -0.05) is 6.42 Å². The van der Waals surface area contributed by atoms with Crippen LogP contribution in [0.25, 0.3) is 5.70 Å². The van der Waals surface area contributed by atoms with Gasteiger partial charge in [0.2, 0.25) is 5.88 Å². The lowest BCUT2D eigenvalue weighted by atomic mass is 9.98. The second kappa shape index (κ2) is 7.42. The summed E-state index contributed by atoms with van der Waals surface area (Å²) in [5.74, 6) is 6.19. The Bertz CT molecular complexity index is 539. The number of aromatic nitrogens is 2. The maximum absolute atomic E-state index is 9.34. The molecule has 22 heavy (non-hydrogen) atoms. The number of aryl methyl sites for hydroxylation is 1. The Balaban J connectivity index is 2.18. The highest BCUT2D eigenvalue weighted by Crippen LogP contribution is 2.24. The molecule has 1 aliphatic rings. The molecule has 1 fully saturated rings. The molecule has 0 unspecified atom stereocenters. The van der Waals surface area contributed by atoms with Crippen molar-refractivity contribution in [2.45, 2.75) is 45.1 Å². The van der Waals surface area contributed by atoms with Gasteiger partial charge in [0.25, 0.3) is 0 Å². The van der Waals surface area contributed by atoms with Crippen LogP contribution in [0.2, 0.25) is 0 Å². The van der Waals surface area contributed by atoms with Gasteiger partial charge < -0.3 is 20.6 Å². The van der Waals surface area contributed by atoms with Crippen molar-refractivity contribution in [3.63, 3.8) is 0 Å². The highest BCUT2D eigenvalue weighted by molar-refractivity contribution is 5.62. The maximum Gasteiger partial charge on any atom is 0.235 e. The molecule has 1 saturated carbocycles. The minimum absolute atomic E-state index is 0.226. The lowest BCUT2D eigenvalue weighted by Gasteiger charge is -2.23. The first-order valence-corrected chi connectivity index (χ1v) is 7.61. The van der Waals surface area contributed by atoms with E-state index in [4.69, 9.17) is 16.3 Å². The summed E-state index contributed by atoms with van der Waals surface area (Å²) in [6, 6.07) is 0. The van der Waals surface area contributed by atoms with E-state index in [9.17, 15) is 5.11 Å². The fourth-order valence-corrected chi connectivity index (χ4v) is 2.59. The molecule has 1 aromatic heterocycles. The first-order chi connectivity index (χ1) is 10.5. The van der Waals surface area contributed by atoms with Gasteiger partial charge in [-0.2, -0.15) is 0 Å². The number of aliphatic hydroxyl groups is 1. The molecule has 1 aromatic rings. The average molecular weight is 307 g/mol. The molecule has 122 valence electrons. The monoisotopic (exact) mass is 307 g/mol. The number of ether oxygens (including phenoxy) is 1. The molecule has 5 N–H and O–H groups in total. The fourth-order valence-electron chi connectivity index (χ4n) is 2.59. The molecule has 0 saturated heterocycles. The van der Waals surface area contributed by atoms with E-state index < -0.39 is 0 Å². The third-order valence-electron chi connectivity index (χ3n) is 3.89. The quantitative estimate of drug-likeness (QED) is 0.548. The van der Waals surface area contributed by atoms with Crippen LogP contribution in [0.3, 0.4) is 0 Å². The van der Waals surface area contributed by atoms with Crippen molar-refractivity contribution in [2.75, 3.05) is 13.7 Å². The molecule has 0 aromatic carbocycles. The number of aliphatic hydroxyl groups excluding tert-OH is 1. The van der Waals surface area contributed by atoms with Crippen molar-refractivity contribution >= 4 is 5.70 Å². The van der Waals surface area contributed by atoms with E-state index in [1.54, 1.807) is 13.2 Å². The summed E-state index contributed by atoms with van der Waals surface area (Å²) < 4.78 is 5.94. The van der Waals surface area contributed by atoms with Gasteiger partial charge in [-0.05, 0) is 32.6 Å². The highest BCUT2D eigenvalue weighted by Gasteiger charge is 2.18. The van der Waals surface area contributed by atoms with E-state index in [-0.39, 0.29) is 12.7 Å². The molecule has 2 rings (SSSR count). The SMILES string of the molecule is Cc1nc(/C(N)=C(\CO)N(C)N)cnc1OC1CCCCC1. The van der Waals surface area contributed by atoms with Crippen molar-refractivity contribution in [1.29, 1.82) is 0 Å². The standard InChI is InChI=1S/C15H25N5O2/c1-10-15(22-11-6-4-3-5-7-11)18-8-12(19-10)14(16)13(9-21)20(2)17/h8,11,21H,3-7,9,16-17H2,1-2H3/b14-13-. The summed E-state index contributed by atoms with van der Waals surface area (Å²) in [6.45, 7) is 1.58. The maximum atomic E-state index is 9.34. The zero-order valence-electron chi connectivity index (χ0n) is 13.2. The summed E-state index contributed by atoms with van der Waals surface area (Å²) in [4.78, 5) is 8.76. The number of rotatable bonds is 5. The lowest BCUT2D eigenvalue weighted by molar-refractivity contribution is 0.147. The second-order valence-corrected chi connectivity index (χ2v) is 5.65. The topological polar surface area (TPSA) is 111 Å². The van der Waals surface area contributed by atoms with Gasteiger partial charge in [-0.15, -0.1) is 0 Å². The van der Waals surface area contributed by atoms with Crippen molar-refractivity contribution in [1.82, 2.24) is 15.0 Å². The van der Waals surface area contributed by atoms with Crippen LogP contribution >= 0.6 is 0 Å². The first-order valence-electron chi connectivity index (χ1n) is 7.61. The van der Waals surface area contributed by atoms with E-state index in [0.717, 1.165) is 12.8 Å². The summed E-state index contributed by atoms with van der Waals surface area (Å²) >= 11 is 0. The zero-order chi connectivity index (χ0) is 16.1. The van der Waals surface area contributed by atoms with Crippen molar-refractivity contribution < 1.29 is 9.84 Å². The molecular weight excluding hydrogens is 282 g/mol. The summed E-state index contributed by atoms with van der Waals surface area (Å²) in [6.07, 6.45) is 7.60. The van der Waals surface area contributed by atoms with Crippen LogP contribution in [0.1, 0.15) is 43.5 Å². The Morgan fingerprint density at radius 1 is 1.41 bits per heavy atom. The Hall–Kier alpha value is -1.86. The normalized spacial score (nSPS) is 17.1. The van der Waals surface area contributed by atoms with Gasteiger partial charge in [0.05, 0.1) is 24.2 Å². The molecule has 0 bridgehead atoms. The van der Waals surface area contributed by atoms with E-state index in [0.29, 0.717) is 28.7 Å². The third kappa shape index (κ3) is 3.86. The van der Waals surface area contributed by atoms with Gasteiger partial charge in [0.15, 0.2) is 0 Å². The van der Waals surface area contributed by atoms with Crippen LogP contribution in [0.4, 0.5) is 0 Å². The van der Waals surface area contributed by atoms with Crippen molar-refractivity contribution in [3.05, 3.63) is 23.3 Å². The number of nitrogens with two attached hydrogens (primary N) is 2. The second-order valence-electron chi connectivity index (χ2n) is 5.65. The van der Waals surface area contributed by atoms with E-state index in [1.807, 2.05) is 6.92 Å². The van der Waals surface area contributed by atoms with Crippen LogP contribution in [0.5, 0.6) is 5.88 Å². The molecule has 0 aliphatic heterocycles. The van der Waals surface area contributed by atoms with Gasteiger partial charge in [0.1, 0.15) is 17.5 Å². The molecule has 7 nitrogen and oxygen atoms in total. The number of nitrogens with zero attached hydrogens (tertiary/aromatic N) is 3. The lowest BCUT2D eigenvalue weighted by Crippen LogP contribution is -2.30. The minimum Gasteiger partial charge on any atom is -0.473 e. The Labute approximate surface area is 131 Å². The van der Waals surface area contributed by atoms with Crippen molar-refractivity contribution in [3.8, 4) is 5.88 Å².